The molecule has 5 aliphatic rings. The zero-order valence-corrected chi connectivity index (χ0v) is 24.2. The van der Waals surface area contributed by atoms with E-state index in [1.807, 2.05) is 20.8 Å². The predicted molar refractivity (Wildman–Crippen MR) is 142 cm³/mol. The van der Waals surface area contributed by atoms with Gasteiger partial charge in [-0.3, -0.25) is 14.4 Å². The molecule has 4 fully saturated rings. The summed E-state index contributed by atoms with van der Waals surface area (Å²) >= 11 is 0. The van der Waals surface area contributed by atoms with Crippen LogP contribution in [0.4, 0.5) is 8.78 Å². The molecule has 3 saturated carbocycles. The Bertz CT molecular complexity index is 1080. The number of ketones is 2. The third kappa shape index (κ3) is 4.08. The molecule has 0 aromatic heterocycles. The van der Waals surface area contributed by atoms with E-state index in [9.17, 15) is 19.5 Å². The molecule has 0 amide bonds. The van der Waals surface area contributed by atoms with Crippen molar-refractivity contribution >= 4 is 17.5 Å². The molecule has 1 N–H and O–H groups in total. The lowest BCUT2D eigenvalue weighted by Crippen LogP contribution is -2.71. The highest BCUT2D eigenvalue weighted by Gasteiger charge is 2.80. The first kappa shape index (κ1) is 29.8. The van der Waals surface area contributed by atoms with Gasteiger partial charge in [0, 0.05) is 29.6 Å². The fourth-order valence-corrected chi connectivity index (χ4v) is 9.09. The zero-order valence-electron chi connectivity index (χ0n) is 24.2. The number of rotatable bonds is 9. The Morgan fingerprint density at radius 3 is 2.60 bits per heavy atom. The number of aliphatic hydroxyl groups is 1. The fourth-order valence-electron chi connectivity index (χ4n) is 9.09. The van der Waals surface area contributed by atoms with E-state index in [1.54, 1.807) is 6.92 Å². The molecule has 10 atom stereocenters. The molecule has 0 radical (unpaired) electrons. The third-order valence-electron chi connectivity index (χ3n) is 11.1. The van der Waals surface area contributed by atoms with E-state index in [0.717, 1.165) is 19.3 Å². The summed E-state index contributed by atoms with van der Waals surface area (Å²) in [4.78, 5) is 38.6. The molecule has 0 spiro atoms. The van der Waals surface area contributed by atoms with Crippen molar-refractivity contribution in [2.45, 2.75) is 134 Å². The monoisotopic (exact) mass is 566 g/mol. The highest BCUT2D eigenvalue weighted by molar-refractivity contribution is 5.93. The number of unbranched alkanes of at least 4 members (excludes halogenated alkanes) is 2. The van der Waals surface area contributed by atoms with Crippen LogP contribution >= 0.6 is 0 Å². The minimum atomic E-state index is -2.18. The van der Waals surface area contributed by atoms with Crippen LogP contribution in [-0.4, -0.2) is 65.2 Å². The first-order valence-corrected chi connectivity index (χ1v) is 15.2. The van der Waals surface area contributed by atoms with Crippen molar-refractivity contribution in [2.24, 2.45) is 22.7 Å². The lowest BCUT2D eigenvalue weighted by molar-refractivity contribution is -0.242. The smallest absolute Gasteiger partial charge is 0.306 e. The number of aliphatic hydroxyl groups excluding tert-OH is 1. The maximum Gasteiger partial charge on any atom is 0.306 e. The van der Waals surface area contributed by atoms with Gasteiger partial charge in [-0.1, -0.05) is 47.0 Å². The topological polar surface area (TPSA) is 99.1 Å². The van der Waals surface area contributed by atoms with Crippen LogP contribution in [0.25, 0.3) is 0 Å². The molecule has 40 heavy (non-hydrogen) atoms. The van der Waals surface area contributed by atoms with Crippen LogP contribution in [0.15, 0.2) is 11.6 Å². The number of halogens is 2. The molecule has 1 unspecified atom stereocenters. The van der Waals surface area contributed by atoms with Gasteiger partial charge in [-0.05, 0) is 56.1 Å². The van der Waals surface area contributed by atoms with E-state index in [0.29, 0.717) is 12.8 Å². The van der Waals surface area contributed by atoms with Gasteiger partial charge in [0.25, 0.3) is 0 Å². The Labute approximate surface area is 235 Å². The predicted octanol–water partition coefficient (Wildman–Crippen LogP) is 5.11. The average molecular weight is 567 g/mol. The van der Waals surface area contributed by atoms with Gasteiger partial charge in [-0.15, -0.1) is 0 Å². The number of hydrogen-bond acceptors (Lipinski definition) is 7. The van der Waals surface area contributed by atoms with Crippen LogP contribution in [0.5, 0.6) is 0 Å². The molecule has 5 rings (SSSR count). The van der Waals surface area contributed by atoms with Gasteiger partial charge in [0.15, 0.2) is 24.3 Å². The SMILES string of the molecule is CCCCCC(=O)OCC(=O)[C@@]12OC(CCC)O[C@@H]1C[C@H]1[C@@H]3C[C@H](F)C4=CC(=O)CC[C@]4(C)[C@@]3(F)[C@@H](O)C[C@@]12C. The summed E-state index contributed by atoms with van der Waals surface area (Å²) in [5, 5.41) is 11.7. The molecular formula is C31H44F2O7. The molecule has 1 saturated heterocycles. The quantitative estimate of drug-likeness (QED) is 0.306. The van der Waals surface area contributed by atoms with Gasteiger partial charge in [-0.25, -0.2) is 8.78 Å². The number of fused-ring (bicyclic) bond motifs is 7. The minimum absolute atomic E-state index is 0.0900. The van der Waals surface area contributed by atoms with Crippen molar-refractivity contribution in [3.8, 4) is 0 Å². The second-order valence-electron chi connectivity index (χ2n) is 13.2. The van der Waals surface area contributed by atoms with Gasteiger partial charge >= 0.3 is 5.97 Å². The largest absolute Gasteiger partial charge is 0.458 e. The number of carbonyl (C=O) groups is 3. The van der Waals surface area contributed by atoms with Crippen LogP contribution in [0.3, 0.4) is 0 Å². The first-order valence-electron chi connectivity index (χ1n) is 15.2. The van der Waals surface area contributed by atoms with Crippen LogP contribution in [0.1, 0.15) is 98.3 Å². The molecule has 1 heterocycles. The minimum Gasteiger partial charge on any atom is -0.458 e. The van der Waals surface area contributed by atoms with Gasteiger partial charge in [0.05, 0.1) is 12.2 Å². The van der Waals surface area contributed by atoms with Crippen LogP contribution in [-0.2, 0) is 28.6 Å². The van der Waals surface area contributed by atoms with Crippen molar-refractivity contribution in [3.63, 3.8) is 0 Å². The lowest BCUT2D eigenvalue weighted by atomic mass is 9.43. The summed E-state index contributed by atoms with van der Waals surface area (Å²) in [6.45, 7) is 6.97. The van der Waals surface area contributed by atoms with Crippen LogP contribution in [0, 0.1) is 22.7 Å². The molecule has 4 aliphatic carbocycles. The number of alkyl halides is 2. The van der Waals surface area contributed by atoms with Gasteiger partial charge in [0.1, 0.15) is 11.8 Å². The number of Topliss-reactive ketones (excluding diaryl/α,β-unsaturated/α-hetero) is 1. The summed E-state index contributed by atoms with van der Waals surface area (Å²) in [7, 11) is 0. The summed E-state index contributed by atoms with van der Waals surface area (Å²) in [5.41, 5.74) is -6.00. The first-order chi connectivity index (χ1) is 18.9. The Hall–Kier alpha value is -1.71. The number of hydrogen-bond donors (Lipinski definition) is 1. The number of ether oxygens (including phenoxy) is 3. The Morgan fingerprint density at radius 2 is 1.90 bits per heavy atom. The fraction of sp³-hybridized carbons (Fsp3) is 0.839. The summed E-state index contributed by atoms with van der Waals surface area (Å²) in [6.07, 6.45) is 1.08. The number of esters is 1. The Balaban J connectivity index is 1.49. The second-order valence-corrected chi connectivity index (χ2v) is 13.2. The molecular weight excluding hydrogens is 522 g/mol. The van der Waals surface area contributed by atoms with Gasteiger partial charge in [0.2, 0.25) is 5.78 Å². The van der Waals surface area contributed by atoms with Crippen molar-refractivity contribution in [3.05, 3.63) is 11.6 Å². The maximum absolute atomic E-state index is 17.5. The normalized spacial score (nSPS) is 45.7. The molecule has 0 aromatic carbocycles. The average Bonchev–Trinajstić information content (AvgIpc) is 3.38. The van der Waals surface area contributed by atoms with E-state index in [2.05, 4.69) is 0 Å². The van der Waals surface area contributed by atoms with Gasteiger partial charge in [-0.2, -0.15) is 0 Å². The highest BCUT2D eigenvalue weighted by atomic mass is 19.1. The zero-order chi connectivity index (χ0) is 29.1. The van der Waals surface area contributed by atoms with E-state index in [1.165, 1.54) is 6.08 Å². The van der Waals surface area contributed by atoms with Crippen LogP contribution in [0.2, 0.25) is 0 Å². The Morgan fingerprint density at radius 1 is 1.15 bits per heavy atom. The molecule has 9 heteroatoms. The molecule has 1 aliphatic heterocycles. The molecule has 0 bridgehead atoms. The maximum atomic E-state index is 17.5. The Kier molecular flexibility index (Phi) is 7.84. The lowest BCUT2D eigenvalue weighted by Gasteiger charge is -2.64. The molecule has 7 nitrogen and oxygen atoms in total. The van der Waals surface area contributed by atoms with E-state index in [4.69, 9.17) is 14.2 Å². The standard InChI is InChI=1S/C31H44F2O7/c1-5-7-8-10-26(37)38-17-24(36)31-25(39-27(40-31)9-6-2)15-19-20-14-22(32)21-13-18(34)11-12-28(21,3)30(20,33)23(35)16-29(19,31)4/h13,19-20,22-23,25,27,35H,5-12,14-17H2,1-4H3/t19-,20-,22-,23-,25+,27?,28-,29-,30-,31+/m0/s1. The van der Waals surface area contributed by atoms with Crippen molar-refractivity contribution in [2.75, 3.05) is 6.61 Å². The molecule has 0 aromatic rings. The van der Waals surface area contributed by atoms with E-state index < -0.39 is 77.0 Å². The van der Waals surface area contributed by atoms with E-state index in [-0.39, 0.29) is 49.9 Å². The van der Waals surface area contributed by atoms with Crippen molar-refractivity contribution in [1.29, 1.82) is 0 Å². The molecule has 224 valence electrons. The van der Waals surface area contributed by atoms with E-state index >= 15 is 8.78 Å². The van der Waals surface area contributed by atoms with Crippen molar-refractivity contribution in [1.82, 2.24) is 0 Å². The second kappa shape index (κ2) is 10.5. The number of carbonyl (C=O) groups excluding carboxylic acids is 3. The summed E-state index contributed by atoms with van der Waals surface area (Å²) < 4.78 is 51.4. The van der Waals surface area contributed by atoms with Crippen LogP contribution < -0.4 is 0 Å². The van der Waals surface area contributed by atoms with Gasteiger partial charge < -0.3 is 19.3 Å². The highest BCUT2D eigenvalue weighted by Crippen LogP contribution is 2.72. The van der Waals surface area contributed by atoms with Crippen molar-refractivity contribution < 1.29 is 42.5 Å². The number of allylic oxidation sites excluding steroid dienone is 1. The third-order valence-corrected chi connectivity index (χ3v) is 11.1. The summed E-state index contributed by atoms with van der Waals surface area (Å²) in [6, 6.07) is 0. The summed E-state index contributed by atoms with van der Waals surface area (Å²) in [5.74, 6) is -2.56.